The first-order valence-corrected chi connectivity index (χ1v) is 8.21. The van der Waals surface area contributed by atoms with E-state index in [1.807, 2.05) is 11.8 Å². The summed E-state index contributed by atoms with van der Waals surface area (Å²) in [5.74, 6) is 0.658. The van der Waals surface area contributed by atoms with E-state index in [4.69, 9.17) is 0 Å². The number of pyridine rings is 1. The Kier molecular flexibility index (Phi) is 5.10. The van der Waals surface area contributed by atoms with E-state index in [9.17, 15) is 9.90 Å². The average molecular weight is 345 g/mol. The van der Waals surface area contributed by atoms with E-state index in [1.54, 1.807) is 12.3 Å². The van der Waals surface area contributed by atoms with Crippen LogP contribution in [0.5, 0.6) is 0 Å². The van der Waals surface area contributed by atoms with Gasteiger partial charge in [-0.25, -0.2) is 9.78 Å². The topological polar surface area (TPSA) is 62.2 Å². The maximum atomic E-state index is 11.2. The molecule has 6 heteroatoms. The molecule has 1 heterocycles. The molecule has 2 unspecified atom stereocenters. The molecule has 1 aromatic rings. The van der Waals surface area contributed by atoms with Crippen LogP contribution in [0.25, 0.3) is 0 Å². The second kappa shape index (κ2) is 6.61. The van der Waals surface area contributed by atoms with Crippen LogP contribution < -0.4 is 5.32 Å². The van der Waals surface area contributed by atoms with Crippen molar-refractivity contribution in [3.05, 3.63) is 22.3 Å². The highest BCUT2D eigenvalue weighted by Crippen LogP contribution is 2.32. The van der Waals surface area contributed by atoms with E-state index >= 15 is 0 Å². The number of nitrogens with zero attached hydrogens (tertiary/aromatic N) is 1. The lowest BCUT2D eigenvalue weighted by atomic mass is 10.2. The van der Waals surface area contributed by atoms with Crippen molar-refractivity contribution in [2.24, 2.45) is 0 Å². The Morgan fingerprint density at radius 3 is 3.11 bits per heavy atom. The van der Waals surface area contributed by atoms with Crippen LogP contribution in [-0.4, -0.2) is 33.1 Å². The normalized spacial score (nSPS) is 22.4. The molecule has 0 bridgehead atoms. The van der Waals surface area contributed by atoms with Crippen molar-refractivity contribution in [3.63, 3.8) is 0 Å². The van der Waals surface area contributed by atoms with Crippen LogP contribution in [0, 0.1) is 0 Å². The Hall–Kier alpha value is -0.750. The molecule has 0 radical (unpaired) electrons. The molecule has 0 spiro atoms. The number of carbonyl (C=O) groups is 1. The molecule has 2 N–H and O–H groups in total. The predicted octanol–water partition coefficient (Wildman–Crippen LogP) is 3.63. The zero-order valence-electron chi connectivity index (χ0n) is 10.7. The Balaban J connectivity index is 2.05. The number of hydrogen-bond donors (Lipinski definition) is 2. The van der Waals surface area contributed by atoms with Gasteiger partial charge < -0.3 is 10.4 Å². The van der Waals surface area contributed by atoms with Gasteiger partial charge in [0.1, 0.15) is 11.4 Å². The maximum absolute atomic E-state index is 11.2. The lowest BCUT2D eigenvalue weighted by molar-refractivity contribution is 0.0697. The van der Waals surface area contributed by atoms with Gasteiger partial charge in [-0.3, -0.25) is 0 Å². The Bertz CT molecular complexity index is 470. The molecule has 0 aliphatic heterocycles. The highest BCUT2D eigenvalue weighted by molar-refractivity contribution is 9.10. The highest BCUT2D eigenvalue weighted by atomic mass is 79.9. The number of rotatable bonds is 5. The van der Waals surface area contributed by atoms with Crippen LogP contribution >= 0.6 is 27.7 Å². The van der Waals surface area contributed by atoms with E-state index in [1.165, 1.54) is 6.42 Å². The molecule has 1 aliphatic carbocycles. The fourth-order valence-corrected chi connectivity index (χ4v) is 3.84. The number of aromatic carboxylic acids is 1. The molecular weight excluding hydrogens is 328 g/mol. The molecule has 1 saturated carbocycles. The van der Waals surface area contributed by atoms with Crippen LogP contribution in [0.4, 0.5) is 5.82 Å². The SMILES string of the molecule is CCSC1CCC(Nc2ncc(Br)cc2C(=O)O)C1. The summed E-state index contributed by atoms with van der Waals surface area (Å²) in [5, 5.41) is 13.2. The first-order valence-electron chi connectivity index (χ1n) is 6.37. The van der Waals surface area contributed by atoms with E-state index in [2.05, 4.69) is 33.2 Å². The summed E-state index contributed by atoms with van der Waals surface area (Å²) in [5.41, 5.74) is 0.223. The van der Waals surface area contributed by atoms with Crippen LogP contribution in [0.2, 0.25) is 0 Å². The predicted molar refractivity (Wildman–Crippen MR) is 82.1 cm³/mol. The molecule has 0 aromatic carbocycles. The zero-order valence-corrected chi connectivity index (χ0v) is 13.1. The molecular formula is C13H17BrN2O2S. The van der Waals surface area contributed by atoms with Gasteiger partial charge in [0.15, 0.2) is 0 Å². The van der Waals surface area contributed by atoms with Crippen molar-refractivity contribution < 1.29 is 9.90 Å². The molecule has 19 heavy (non-hydrogen) atoms. The molecule has 0 amide bonds. The third-order valence-corrected chi connectivity index (χ3v) is 4.88. The Labute approximate surface area is 125 Å². The van der Waals surface area contributed by atoms with Crippen LogP contribution in [-0.2, 0) is 0 Å². The van der Waals surface area contributed by atoms with Gasteiger partial charge in [0.2, 0.25) is 0 Å². The number of anilines is 1. The first kappa shape index (κ1) is 14.7. The maximum Gasteiger partial charge on any atom is 0.339 e. The van der Waals surface area contributed by atoms with E-state index in [0.717, 1.165) is 18.6 Å². The molecule has 4 nitrogen and oxygen atoms in total. The number of carboxylic acid groups (broad SMARTS) is 1. The van der Waals surface area contributed by atoms with Gasteiger partial charge in [-0.05, 0) is 47.0 Å². The number of nitrogens with one attached hydrogen (secondary N) is 1. The summed E-state index contributed by atoms with van der Waals surface area (Å²) >= 11 is 5.23. The van der Waals surface area contributed by atoms with Gasteiger partial charge in [0, 0.05) is 22.0 Å². The van der Waals surface area contributed by atoms with E-state index < -0.39 is 5.97 Å². The monoisotopic (exact) mass is 344 g/mol. The number of hydrogen-bond acceptors (Lipinski definition) is 4. The minimum absolute atomic E-state index is 0.223. The molecule has 1 fully saturated rings. The van der Waals surface area contributed by atoms with Gasteiger partial charge in [0.25, 0.3) is 0 Å². The van der Waals surface area contributed by atoms with E-state index in [-0.39, 0.29) is 5.56 Å². The molecule has 2 rings (SSSR count). The smallest absolute Gasteiger partial charge is 0.339 e. The molecule has 0 saturated heterocycles. The summed E-state index contributed by atoms with van der Waals surface area (Å²) in [7, 11) is 0. The Morgan fingerprint density at radius 1 is 1.63 bits per heavy atom. The summed E-state index contributed by atoms with van der Waals surface area (Å²) < 4.78 is 0.682. The summed E-state index contributed by atoms with van der Waals surface area (Å²) in [4.78, 5) is 15.4. The molecule has 2 atom stereocenters. The first-order chi connectivity index (χ1) is 9.10. The summed E-state index contributed by atoms with van der Waals surface area (Å²) in [6.45, 7) is 2.17. The van der Waals surface area contributed by atoms with Crippen molar-refractivity contribution in [2.75, 3.05) is 11.1 Å². The van der Waals surface area contributed by atoms with E-state index in [0.29, 0.717) is 21.6 Å². The van der Waals surface area contributed by atoms with Crippen LogP contribution in [0.3, 0.4) is 0 Å². The van der Waals surface area contributed by atoms with Gasteiger partial charge in [0.05, 0.1) is 0 Å². The highest BCUT2D eigenvalue weighted by Gasteiger charge is 2.26. The van der Waals surface area contributed by atoms with Gasteiger partial charge in [-0.2, -0.15) is 11.8 Å². The fourth-order valence-electron chi connectivity index (χ4n) is 2.37. The number of thioether (sulfide) groups is 1. The summed E-state index contributed by atoms with van der Waals surface area (Å²) in [6, 6.07) is 1.92. The lowest BCUT2D eigenvalue weighted by Crippen LogP contribution is -2.19. The van der Waals surface area contributed by atoms with Crippen LogP contribution in [0.15, 0.2) is 16.7 Å². The van der Waals surface area contributed by atoms with Gasteiger partial charge >= 0.3 is 5.97 Å². The largest absolute Gasteiger partial charge is 0.478 e. The molecule has 1 aromatic heterocycles. The standard InChI is InChI=1S/C13H17BrN2O2S/c1-2-19-10-4-3-9(6-10)16-12-11(13(17)18)5-8(14)7-15-12/h5,7,9-10H,2-4,6H2,1H3,(H,15,16)(H,17,18). The molecule has 104 valence electrons. The Morgan fingerprint density at radius 2 is 2.42 bits per heavy atom. The summed E-state index contributed by atoms with van der Waals surface area (Å²) in [6.07, 6.45) is 4.97. The lowest BCUT2D eigenvalue weighted by Gasteiger charge is -2.15. The van der Waals surface area contributed by atoms with Crippen molar-refractivity contribution >= 4 is 39.5 Å². The van der Waals surface area contributed by atoms with Crippen molar-refractivity contribution in [3.8, 4) is 0 Å². The third kappa shape index (κ3) is 3.86. The van der Waals surface area contributed by atoms with Gasteiger partial charge in [-0.15, -0.1) is 0 Å². The third-order valence-electron chi connectivity index (χ3n) is 3.21. The molecule has 1 aliphatic rings. The number of halogens is 1. The van der Waals surface area contributed by atoms with Crippen molar-refractivity contribution in [1.82, 2.24) is 4.98 Å². The second-order valence-corrected chi connectivity index (χ2v) is 7.08. The average Bonchev–Trinajstić information content (AvgIpc) is 2.79. The minimum Gasteiger partial charge on any atom is -0.478 e. The zero-order chi connectivity index (χ0) is 13.8. The van der Waals surface area contributed by atoms with Gasteiger partial charge in [-0.1, -0.05) is 6.92 Å². The van der Waals surface area contributed by atoms with Crippen molar-refractivity contribution in [2.45, 2.75) is 37.5 Å². The number of carboxylic acids is 1. The fraction of sp³-hybridized carbons (Fsp3) is 0.538. The minimum atomic E-state index is -0.950. The second-order valence-electron chi connectivity index (χ2n) is 4.59. The quantitative estimate of drug-likeness (QED) is 0.853. The number of aromatic nitrogens is 1. The van der Waals surface area contributed by atoms with Crippen LogP contribution in [0.1, 0.15) is 36.5 Å². The van der Waals surface area contributed by atoms with Crippen molar-refractivity contribution in [1.29, 1.82) is 0 Å².